The van der Waals surface area contributed by atoms with E-state index < -0.39 is 0 Å². The number of amides is 1. The molecule has 1 aromatic carbocycles. The van der Waals surface area contributed by atoms with Crippen molar-refractivity contribution in [2.24, 2.45) is 0 Å². The van der Waals surface area contributed by atoms with Crippen LogP contribution in [0.15, 0.2) is 36.5 Å². The fourth-order valence-corrected chi connectivity index (χ4v) is 1.79. The molecule has 3 rings (SSSR count). The highest BCUT2D eigenvalue weighted by Gasteiger charge is 2.23. The largest absolute Gasteiger partial charge is 0.484 e. The Balaban J connectivity index is 1.64. The lowest BCUT2D eigenvalue weighted by Crippen LogP contribution is -2.30. The molecule has 1 aromatic heterocycles. The van der Waals surface area contributed by atoms with Crippen LogP contribution in [0.25, 0.3) is 10.9 Å². The molecule has 1 aliphatic rings. The van der Waals surface area contributed by atoms with Gasteiger partial charge in [-0.25, -0.2) is 0 Å². The monoisotopic (exact) mass is 242 g/mol. The smallest absolute Gasteiger partial charge is 0.258 e. The number of nitrogens with one attached hydrogen (secondary N) is 1. The second kappa shape index (κ2) is 4.64. The van der Waals surface area contributed by atoms with E-state index in [-0.39, 0.29) is 12.5 Å². The van der Waals surface area contributed by atoms with Gasteiger partial charge in [0.15, 0.2) is 6.61 Å². The zero-order valence-corrected chi connectivity index (χ0v) is 9.93. The lowest BCUT2D eigenvalue weighted by molar-refractivity contribution is -0.123. The Kier molecular flexibility index (Phi) is 2.84. The lowest BCUT2D eigenvalue weighted by atomic mass is 10.2. The third kappa shape index (κ3) is 2.59. The summed E-state index contributed by atoms with van der Waals surface area (Å²) < 4.78 is 5.46. The van der Waals surface area contributed by atoms with Crippen molar-refractivity contribution in [1.82, 2.24) is 10.3 Å². The molecule has 2 aromatic rings. The molecule has 0 radical (unpaired) electrons. The molecule has 18 heavy (non-hydrogen) atoms. The van der Waals surface area contributed by atoms with Crippen LogP contribution in [0.2, 0.25) is 0 Å². The van der Waals surface area contributed by atoms with Crippen LogP contribution in [0.5, 0.6) is 5.75 Å². The quantitative estimate of drug-likeness (QED) is 0.890. The zero-order valence-electron chi connectivity index (χ0n) is 9.93. The zero-order chi connectivity index (χ0) is 12.4. The molecule has 0 saturated heterocycles. The molecule has 1 aliphatic carbocycles. The Morgan fingerprint density at radius 2 is 2.28 bits per heavy atom. The number of carbonyl (C=O) groups excluding carboxylic acids is 1. The van der Waals surface area contributed by atoms with Gasteiger partial charge in [0.05, 0.1) is 5.52 Å². The van der Waals surface area contributed by atoms with E-state index in [2.05, 4.69) is 10.3 Å². The maximum Gasteiger partial charge on any atom is 0.258 e. The highest BCUT2D eigenvalue weighted by molar-refractivity contribution is 5.80. The first-order valence-corrected chi connectivity index (χ1v) is 6.08. The predicted molar refractivity (Wildman–Crippen MR) is 68.4 cm³/mol. The maximum atomic E-state index is 11.5. The normalized spacial score (nSPS) is 14.4. The third-order valence-electron chi connectivity index (χ3n) is 2.89. The van der Waals surface area contributed by atoms with Crippen molar-refractivity contribution < 1.29 is 9.53 Å². The van der Waals surface area contributed by atoms with Crippen molar-refractivity contribution >= 4 is 16.8 Å². The van der Waals surface area contributed by atoms with Crippen LogP contribution in [0, 0.1) is 0 Å². The molecule has 0 bridgehead atoms. The van der Waals surface area contributed by atoms with Crippen molar-refractivity contribution in [3.8, 4) is 5.75 Å². The number of ether oxygens (including phenoxy) is 1. The minimum Gasteiger partial charge on any atom is -0.484 e. The number of nitrogens with zero attached hydrogens (tertiary/aromatic N) is 1. The van der Waals surface area contributed by atoms with Gasteiger partial charge < -0.3 is 10.1 Å². The molecule has 1 saturated carbocycles. The molecule has 1 N–H and O–H groups in total. The van der Waals surface area contributed by atoms with Gasteiger partial charge in [-0.3, -0.25) is 9.78 Å². The van der Waals surface area contributed by atoms with Crippen molar-refractivity contribution in [1.29, 1.82) is 0 Å². The number of benzene rings is 1. The van der Waals surface area contributed by atoms with Crippen molar-refractivity contribution in [2.45, 2.75) is 18.9 Å². The van der Waals surface area contributed by atoms with E-state index in [4.69, 9.17) is 4.74 Å². The minimum atomic E-state index is -0.0521. The molecule has 1 fully saturated rings. The molecular formula is C14H14N2O2. The topological polar surface area (TPSA) is 51.2 Å². The van der Waals surface area contributed by atoms with Gasteiger partial charge in [0.2, 0.25) is 0 Å². The summed E-state index contributed by atoms with van der Waals surface area (Å²) in [5, 5.41) is 3.90. The number of fused-ring (bicyclic) bond motifs is 1. The van der Waals surface area contributed by atoms with Crippen LogP contribution >= 0.6 is 0 Å². The fraction of sp³-hybridized carbons (Fsp3) is 0.286. The van der Waals surface area contributed by atoms with E-state index in [1.165, 1.54) is 0 Å². The summed E-state index contributed by atoms with van der Waals surface area (Å²) in [5.74, 6) is 0.644. The molecule has 4 nitrogen and oxygen atoms in total. The molecule has 1 amide bonds. The highest BCUT2D eigenvalue weighted by atomic mass is 16.5. The van der Waals surface area contributed by atoms with Gasteiger partial charge in [0.1, 0.15) is 5.75 Å². The van der Waals surface area contributed by atoms with Gasteiger partial charge in [0.25, 0.3) is 5.91 Å². The molecule has 0 atom stereocenters. The Labute approximate surface area is 105 Å². The average Bonchev–Trinajstić information content (AvgIpc) is 3.20. The van der Waals surface area contributed by atoms with Gasteiger partial charge in [-0.15, -0.1) is 0 Å². The van der Waals surface area contributed by atoms with Gasteiger partial charge in [-0.1, -0.05) is 6.07 Å². The van der Waals surface area contributed by atoms with E-state index in [9.17, 15) is 4.79 Å². The van der Waals surface area contributed by atoms with Gasteiger partial charge in [-0.2, -0.15) is 0 Å². The number of hydrogen-bond donors (Lipinski definition) is 1. The lowest BCUT2D eigenvalue weighted by Gasteiger charge is -2.07. The van der Waals surface area contributed by atoms with Crippen LogP contribution in [0.1, 0.15) is 12.8 Å². The van der Waals surface area contributed by atoms with Crippen LogP contribution in [-0.4, -0.2) is 23.5 Å². The first kappa shape index (κ1) is 11.0. The molecule has 0 aliphatic heterocycles. The standard InChI is InChI=1S/C14H14N2O2/c17-14(16-11-3-4-11)9-18-12-5-6-13-10(8-12)2-1-7-15-13/h1-2,5-8,11H,3-4,9H2,(H,16,17). The molecule has 92 valence electrons. The summed E-state index contributed by atoms with van der Waals surface area (Å²) >= 11 is 0. The molecular weight excluding hydrogens is 228 g/mol. The Bertz CT molecular complexity index is 579. The first-order chi connectivity index (χ1) is 8.81. The number of rotatable bonds is 4. The molecule has 4 heteroatoms. The van der Waals surface area contributed by atoms with E-state index in [1.54, 1.807) is 6.20 Å². The fourth-order valence-electron chi connectivity index (χ4n) is 1.79. The predicted octanol–water partition coefficient (Wildman–Crippen LogP) is 1.89. The molecule has 1 heterocycles. The Morgan fingerprint density at radius 1 is 1.39 bits per heavy atom. The van der Waals surface area contributed by atoms with E-state index in [0.29, 0.717) is 11.8 Å². The molecule has 0 spiro atoms. The van der Waals surface area contributed by atoms with Crippen LogP contribution in [0.3, 0.4) is 0 Å². The van der Waals surface area contributed by atoms with Crippen molar-refractivity contribution in [3.63, 3.8) is 0 Å². The summed E-state index contributed by atoms with van der Waals surface area (Å²) in [6, 6.07) is 9.85. The van der Waals surface area contributed by atoms with Crippen molar-refractivity contribution in [3.05, 3.63) is 36.5 Å². The summed E-state index contributed by atoms with van der Waals surface area (Å²) in [4.78, 5) is 15.7. The highest BCUT2D eigenvalue weighted by Crippen LogP contribution is 2.20. The average molecular weight is 242 g/mol. The summed E-state index contributed by atoms with van der Waals surface area (Å²) in [6.45, 7) is 0.0717. The molecule has 0 unspecified atom stereocenters. The summed E-state index contributed by atoms with van der Waals surface area (Å²) in [6.07, 6.45) is 3.94. The van der Waals surface area contributed by atoms with Crippen LogP contribution < -0.4 is 10.1 Å². The number of carbonyl (C=O) groups is 1. The van der Waals surface area contributed by atoms with Crippen LogP contribution in [-0.2, 0) is 4.79 Å². The van der Waals surface area contributed by atoms with E-state index >= 15 is 0 Å². The van der Waals surface area contributed by atoms with Gasteiger partial charge >= 0.3 is 0 Å². The van der Waals surface area contributed by atoms with Crippen LogP contribution in [0.4, 0.5) is 0 Å². The van der Waals surface area contributed by atoms with Crippen molar-refractivity contribution in [2.75, 3.05) is 6.61 Å². The number of pyridine rings is 1. The van der Waals surface area contributed by atoms with E-state index in [0.717, 1.165) is 23.7 Å². The Hall–Kier alpha value is -2.10. The maximum absolute atomic E-state index is 11.5. The second-order valence-corrected chi connectivity index (χ2v) is 4.49. The Morgan fingerprint density at radius 3 is 3.11 bits per heavy atom. The minimum absolute atomic E-state index is 0.0521. The first-order valence-electron chi connectivity index (χ1n) is 6.08. The summed E-state index contributed by atoms with van der Waals surface area (Å²) in [7, 11) is 0. The van der Waals surface area contributed by atoms with E-state index in [1.807, 2.05) is 30.3 Å². The number of hydrogen-bond acceptors (Lipinski definition) is 3. The number of aromatic nitrogens is 1. The summed E-state index contributed by atoms with van der Waals surface area (Å²) in [5.41, 5.74) is 0.923. The SMILES string of the molecule is O=C(COc1ccc2ncccc2c1)NC1CC1. The third-order valence-corrected chi connectivity index (χ3v) is 2.89. The van der Waals surface area contributed by atoms with Gasteiger partial charge in [0, 0.05) is 17.6 Å². The van der Waals surface area contributed by atoms with Gasteiger partial charge in [-0.05, 0) is 37.1 Å². The second-order valence-electron chi connectivity index (χ2n) is 4.49.